The van der Waals surface area contributed by atoms with E-state index in [0.29, 0.717) is 24.2 Å². The second-order valence-electron chi connectivity index (χ2n) is 5.73. The van der Waals surface area contributed by atoms with Crippen molar-refractivity contribution < 1.29 is 17.9 Å². The lowest BCUT2D eigenvalue weighted by atomic mass is 10.1. The number of sulfone groups is 1. The second-order valence-corrected chi connectivity index (χ2v) is 7.87. The molecule has 1 heterocycles. The predicted octanol–water partition coefficient (Wildman–Crippen LogP) is 1.48. The molecule has 0 saturated carbocycles. The van der Waals surface area contributed by atoms with E-state index in [1.165, 1.54) is 6.26 Å². The Labute approximate surface area is 125 Å². The Morgan fingerprint density at radius 2 is 1.71 bits per heavy atom. The third kappa shape index (κ3) is 4.54. The van der Waals surface area contributed by atoms with E-state index < -0.39 is 9.84 Å². The standard InChI is InChI=1S/C15H21NO4S/c1-11-8-16(9-12(2)20-11)15(17)14-6-4-13(5-7-14)10-21(3,18)19/h4-7,11-12H,8-10H2,1-3H3/t11-,12-/m0/s1. The number of carbonyl (C=O) groups excluding carboxylic acids is 1. The number of nitrogens with zero attached hydrogens (tertiary/aromatic N) is 1. The average molecular weight is 311 g/mol. The predicted molar refractivity (Wildman–Crippen MR) is 80.9 cm³/mol. The van der Waals surface area contributed by atoms with Gasteiger partial charge in [-0.1, -0.05) is 12.1 Å². The van der Waals surface area contributed by atoms with Crippen LogP contribution in [0.5, 0.6) is 0 Å². The zero-order valence-electron chi connectivity index (χ0n) is 12.6. The molecule has 6 heteroatoms. The van der Waals surface area contributed by atoms with Gasteiger partial charge in [-0.2, -0.15) is 0 Å². The normalized spacial score (nSPS) is 23.1. The van der Waals surface area contributed by atoms with Crippen LogP contribution in [0.1, 0.15) is 29.8 Å². The molecular formula is C15H21NO4S. The summed E-state index contributed by atoms with van der Waals surface area (Å²) in [6, 6.07) is 6.77. The van der Waals surface area contributed by atoms with Crippen molar-refractivity contribution in [3.63, 3.8) is 0 Å². The van der Waals surface area contributed by atoms with Gasteiger partial charge in [-0.05, 0) is 31.5 Å². The molecule has 0 aliphatic carbocycles. The molecule has 2 rings (SSSR count). The highest BCUT2D eigenvalue weighted by atomic mass is 32.2. The van der Waals surface area contributed by atoms with Crippen LogP contribution in [0.25, 0.3) is 0 Å². The molecule has 116 valence electrons. The second kappa shape index (κ2) is 6.15. The molecule has 1 aromatic rings. The van der Waals surface area contributed by atoms with Crippen molar-refractivity contribution in [1.82, 2.24) is 4.90 Å². The van der Waals surface area contributed by atoms with Crippen LogP contribution in [0.2, 0.25) is 0 Å². The third-order valence-corrected chi connectivity index (χ3v) is 4.19. The molecule has 0 spiro atoms. The maximum absolute atomic E-state index is 12.4. The first-order chi connectivity index (χ1) is 9.74. The Balaban J connectivity index is 2.09. The van der Waals surface area contributed by atoms with Gasteiger partial charge in [-0.15, -0.1) is 0 Å². The zero-order valence-corrected chi connectivity index (χ0v) is 13.4. The molecule has 1 aliphatic heterocycles. The topological polar surface area (TPSA) is 63.7 Å². The van der Waals surface area contributed by atoms with E-state index >= 15 is 0 Å². The van der Waals surface area contributed by atoms with Gasteiger partial charge in [0.15, 0.2) is 9.84 Å². The van der Waals surface area contributed by atoms with Crippen LogP contribution in [0, 0.1) is 0 Å². The van der Waals surface area contributed by atoms with E-state index in [1.807, 2.05) is 13.8 Å². The summed E-state index contributed by atoms with van der Waals surface area (Å²) in [5.74, 6) is -0.0458. The molecule has 21 heavy (non-hydrogen) atoms. The summed E-state index contributed by atoms with van der Waals surface area (Å²) < 4.78 is 28.1. The first-order valence-corrected chi connectivity index (χ1v) is 9.02. The van der Waals surface area contributed by atoms with Gasteiger partial charge in [0.25, 0.3) is 5.91 Å². The average Bonchev–Trinajstić information content (AvgIpc) is 2.35. The summed E-state index contributed by atoms with van der Waals surface area (Å²) in [6.45, 7) is 5.05. The smallest absolute Gasteiger partial charge is 0.254 e. The van der Waals surface area contributed by atoms with Gasteiger partial charge >= 0.3 is 0 Å². The number of benzene rings is 1. The van der Waals surface area contributed by atoms with E-state index in [-0.39, 0.29) is 23.9 Å². The molecule has 1 fully saturated rings. The lowest BCUT2D eigenvalue weighted by Crippen LogP contribution is -2.48. The van der Waals surface area contributed by atoms with Crippen molar-refractivity contribution in [2.45, 2.75) is 31.8 Å². The first-order valence-electron chi connectivity index (χ1n) is 6.96. The number of hydrogen-bond donors (Lipinski definition) is 0. The number of ether oxygens (including phenoxy) is 1. The molecule has 0 unspecified atom stereocenters. The number of hydrogen-bond acceptors (Lipinski definition) is 4. The fourth-order valence-electron chi connectivity index (χ4n) is 2.57. The largest absolute Gasteiger partial charge is 0.372 e. The van der Waals surface area contributed by atoms with Crippen molar-refractivity contribution in [1.29, 1.82) is 0 Å². The van der Waals surface area contributed by atoms with Crippen molar-refractivity contribution in [3.05, 3.63) is 35.4 Å². The summed E-state index contributed by atoms with van der Waals surface area (Å²) in [5.41, 5.74) is 1.27. The fourth-order valence-corrected chi connectivity index (χ4v) is 3.37. The van der Waals surface area contributed by atoms with Crippen LogP contribution < -0.4 is 0 Å². The Morgan fingerprint density at radius 3 is 2.19 bits per heavy atom. The molecule has 0 radical (unpaired) electrons. The van der Waals surface area contributed by atoms with Crippen molar-refractivity contribution >= 4 is 15.7 Å². The highest BCUT2D eigenvalue weighted by Gasteiger charge is 2.26. The minimum atomic E-state index is -3.06. The van der Waals surface area contributed by atoms with E-state index in [9.17, 15) is 13.2 Å². The quantitative estimate of drug-likeness (QED) is 0.848. The minimum absolute atomic E-state index is 0.00685. The summed E-state index contributed by atoms with van der Waals surface area (Å²) in [4.78, 5) is 14.2. The molecule has 0 aromatic heterocycles. The van der Waals surface area contributed by atoms with Crippen LogP contribution in [0.3, 0.4) is 0 Å². The van der Waals surface area contributed by atoms with Crippen molar-refractivity contribution in [2.24, 2.45) is 0 Å². The molecule has 1 amide bonds. The molecule has 1 aliphatic rings. The Kier molecular flexibility index (Phi) is 4.68. The Bertz CT molecular complexity index is 599. The summed E-state index contributed by atoms with van der Waals surface area (Å²) in [5, 5.41) is 0. The van der Waals surface area contributed by atoms with Crippen molar-refractivity contribution in [2.75, 3.05) is 19.3 Å². The van der Waals surface area contributed by atoms with Gasteiger partial charge in [0.05, 0.1) is 18.0 Å². The maximum atomic E-state index is 12.4. The summed E-state index contributed by atoms with van der Waals surface area (Å²) in [7, 11) is -3.06. The highest BCUT2D eigenvalue weighted by molar-refractivity contribution is 7.89. The Morgan fingerprint density at radius 1 is 1.19 bits per heavy atom. The molecule has 2 atom stereocenters. The summed E-state index contributed by atoms with van der Waals surface area (Å²) in [6.07, 6.45) is 1.26. The molecule has 5 nitrogen and oxygen atoms in total. The third-order valence-electron chi connectivity index (χ3n) is 3.34. The van der Waals surface area contributed by atoms with Gasteiger partial charge in [0, 0.05) is 24.9 Å². The number of rotatable bonds is 3. The maximum Gasteiger partial charge on any atom is 0.254 e. The number of morpholine rings is 1. The molecular weight excluding hydrogens is 290 g/mol. The van der Waals surface area contributed by atoms with Crippen LogP contribution in [0.4, 0.5) is 0 Å². The van der Waals surface area contributed by atoms with Crippen molar-refractivity contribution in [3.8, 4) is 0 Å². The monoisotopic (exact) mass is 311 g/mol. The summed E-state index contributed by atoms with van der Waals surface area (Å²) >= 11 is 0. The van der Waals surface area contributed by atoms with E-state index in [0.717, 1.165) is 0 Å². The van der Waals surface area contributed by atoms with Gasteiger partial charge in [0.2, 0.25) is 0 Å². The van der Waals surface area contributed by atoms with Crippen LogP contribution in [-0.4, -0.2) is 50.8 Å². The molecule has 1 aromatic carbocycles. The van der Waals surface area contributed by atoms with E-state index in [1.54, 1.807) is 29.2 Å². The highest BCUT2D eigenvalue weighted by Crippen LogP contribution is 2.15. The van der Waals surface area contributed by atoms with Gasteiger partial charge < -0.3 is 9.64 Å². The first kappa shape index (κ1) is 16.0. The lowest BCUT2D eigenvalue weighted by Gasteiger charge is -2.35. The number of amides is 1. The SMILES string of the molecule is C[C@H]1CN(C(=O)c2ccc(CS(C)(=O)=O)cc2)C[C@H](C)O1. The Hall–Kier alpha value is -1.40. The fraction of sp³-hybridized carbons (Fsp3) is 0.533. The molecule has 0 bridgehead atoms. The van der Waals surface area contributed by atoms with Crippen LogP contribution in [-0.2, 0) is 20.3 Å². The van der Waals surface area contributed by atoms with Gasteiger partial charge in [-0.3, -0.25) is 4.79 Å². The molecule has 0 N–H and O–H groups in total. The van der Waals surface area contributed by atoms with E-state index in [2.05, 4.69) is 0 Å². The van der Waals surface area contributed by atoms with E-state index in [4.69, 9.17) is 4.74 Å². The lowest BCUT2D eigenvalue weighted by molar-refractivity contribution is -0.0586. The zero-order chi connectivity index (χ0) is 15.6. The number of carbonyl (C=O) groups is 1. The van der Waals surface area contributed by atoms with Crippen LogP contribution >= 0.6 is 0 Å². The minimum Gasteiger partial charge on any atom is -0.372 e. The van der Waals surface area contributed by atoms with Gasteiger partial charge in [0.1, 0.15) is 0 Å². The molecule has 1 saturated heterocycles. The van der Waals surface area contributed by atoms with Gasteiger partial charge in [-0.25, -0.2) is 8.42 Å². The van der Waals surface area contributed by atoms with Crippen LogP contribution in [0.15, 0.2) is 24.3 Å².